The van der Waals surface area contributed by atoms with Gasteiger partial charge in [-0.2, -0.15) is 0 Å². The SMILES string of the molecule is c1ccc(-c2nc(-c3cccc4ccccc34)c3ccc4ccccc4c3n2)cc1. The number of benzene rings is 5. The lowest BCUT2D eigenvalue weighted by atomic mass is 9.97. The summed E-state index contributed by atoms with van der Waals surface area (Å²) in [7, 11) is 0. The van der Waals surface area contributed by atoms with Gasteiger partial charge in [0, 0.05) is 21.9 Å². The third-order valence-corrected chi connectivity index (χ3v) is 5.67. The monoisotopic (exact) mass is 382 g/mol. The molecule has 0 N–H and O–H groups in total. The number of fused-ring (bicyclic) bond motifs is 4. The highest BCUT2D eigenvalue weighted by Crippen LogP contribution is 2.36. The van der Waals surface area contributed by atoms with Crippen molar-refractivity contribution >= 4 is 32.4 Å². The average Bonchev–Trinajstić information content (AvgIpc) is 2.83. The van der Waals surface area contributed by atoms with Gasteiger partial charge in [-0.25, -0.2) is 9.97 Å². The lowest BCUT2D eigenvalue weighted by Gasteiger charge is -2.13. The first-order valence-corrected chi connectivity index (χ1v) is 10.1. The maximum Gasteiger partial charge on any atom is 0.160 e. The second-order valence-corrected chi connectivity index (χ2v) is 7.47. The van der Waals surface area contributed by atoms with Crippen LogP contribution in [0.4, 0.5) is 0 Å². The summed E-state index contributed by atoms with van der Waals surface area (Å²) in [5.74, 6) is 0.752. The van der Waals surface area contributed by atoms with Crippen LogP contribution in [0.15, 0.2) is 109 Å². The summed E-state index contributed by atoms with van der Waals surface area (Å²) >= 11 is 0. The van der Waals surface area contributed by atoms with Crippen LogP contribution >= 0.6 is 0 Å². The van der Waals surface area contributed by atoms with Gasteiger partial charge in [-0.05, 0) is 22.2 Å². The smallest absolute Gasteiger partial charge is 0.160 e. The van der Waals surface area contributed by atoms with Crippen LogP contribution < -0.4 is 0 Å². The Hall–Kier alpha value is -4.04. The fourth-order valence-electron chi connectivity index (χ4n) is 4.22. The number of nitrogens with zero attached hydrogens (tertiary/aromatic N) is 2. The van der Waals surface area contributed by atoms with E-state index in [1.807, 2.05) is 18.2 Å². The Labute approximate surface area is 174 Å². The molecule has 0 aliphatic rings. The van der Waals surface area contributed by atoms with Crippen molar-refractivity contribution in [2.24, 2.45) is 0 Å². The minimum absolute atomic E-state index is 0.752. The molecule has 2 heteroatoms. The number of hydrogen-bond acceptors (Lipinski definition) is 2. The Morgan fingerprint density at radius 1 is 0.433 bits per heavy atom. The van der Waals surface area contributed by atoms with Gasteiger partial charge >= 0.3 is 0 Å². The molecule has 0 spiro atoms. The zero-order valence-electron chi connectivity index (χ0n) is 16.3. The summed E-state index contributed by atoms with van der Waals surface area (Å²) in [6, 6.07) is 37.9. The summed E-state index contributed by atoms with van der Waals surface area (Å²) in [6.45, 7) is 0. The second kappa shape index (κ2) is 6.78. The molecule has 0 aliphatic carbocycles. The van der Waals surface area contributed by atoms with Crippen molar-refractivity contribution in [1.82, 2.24) is 9.97 Å². The zero-order chi connectivity index (χ0) is 19.9. The largest absolute Gasteiger partial charge is 0.227 e. The molecule has 1 heterocycles. The lowest BCUT2D eigenvalue weighted by molar-refractivity contribution is 1.24. The molecule has 5 aromatic carbocycles. The maximum absolute atomic E-state index is 5.09. The van der Waals surface area contributed by atoms with E-state index in [2.05, 4.69) is 91.0 Å². The molecule has 0 saturated heterocycles. The molecule has 30 heavy (non-hydrogen) atoms. The second-order valence-electron chi connectivity index (χ2n) is 7.47. The predicted octanol–water partition coefficient (Wildman–Crippen LogP) is 7.27. The van der Waals surface area contributed by atoms with Gasteiger partial charge in [-0.15, -0.1) is 0 Å². The quantitative estimate of drug-likeness (QED) is 0.294. The van der Waals surface area contributed by atoms with Crippen molar-refractivity contribution in [2.45, 2.75) is 0 Å². The van der Waals surface area contributed by atoms with Crippen LogP contribution in [0, 0.1) is 0 Å². The van der Waals surface area contributed by atoms with Crippen LogP contribution in [0.5, 0.6) is 0 Å². The average molecular weight is 382 g/mol. The predicted molar refractivity (Wildman–Crippen MR) is 125 cm³/mol. The first-order chi connectivity index (χ1) is 14.9. The molecule has 140 valence electrons. The Bertz CT molecular complexity index is 1530. The van der Waals surface area contributed by atoms with Crippen LogP contribution in [0.2, 0.25) is 0 Å². The summed E-state index contributed by atoms with van der Waals surface area (Å²) < 4.78 is 0. The van der Waals surface area contributed by atoms with Crippen molar-refractivity contribution in [1.29, 1.82) is 0 Å². The third kappa shape index (κ3) is 2.66. The van der Waals surface area contributed by atoms with Crippen molar-refractivity contribution in [3.8, 4) is 22.6 Å². The van der Waals surface area contributed by atoms with E-state index in [9.17, 15) is 0 Å². The minimum Gasteiger partial charge on any atom is -0.227 e. The summed E-state index contributed by atoms with van der Waals surface area (Å²) in [6.07, 6.45) is 0. The minimum atomic E-state index is 0.752. The molecule has 0 amide bonds. The first-order valence-electron chi connectivity index (χ1n) is 10.1. The van der Waals surface area contributed by atoms with Gasteiger partial charge in [0.05, 0.1) is 11.2 Å². The molecule has 0 aliphatic heterocycles. The van der Waals surface area contributed by atoms with Gasteiger partial charge < -0.3 is 0 Å². The van der Waals surface area contributed by atoms with E-state index in [1.165, 1.54) is 16.2 Å². The molecule has 6 aromatic rings. The molecule has 0 atom stereocenters. The highest BCUT2D eigenvalue weighted by molar-refractivity contribution is 6.12. The Kier molecular flexibility index (Phi) is 3.82. The first kappa shape index (κ1) is 16.9. The van der Waals surface area contributed by atoms with Gasteiger partial charge in [0.25, 0.3) is 0 Å². The lowest BCUT2D eigenvalue weighted by Crippen LogP contribution is -1.96. The standard InChI is InChI=1S/C28H18N2/c1-2-11-21(12-3-1)28-29-26-23-15-7-5-10-20(23)17-18-25(26)27(30-28)24-16-8-13-19-9-4-6-14-22(19)24/h1-18H. The fraction of sp³-hybridized carbons (Fsp3) is 0. The van der Waals surface area contributed by atoms with Crippen LogP contribution in [0.3, 0.4) is 0 Å². The molecule has 0 radical (unpaired) electrons. The van der Waals surface area contributed by atoms with Gasteiger partial charge in [0.15, 0.2) is 5.82 Å². The molecule has 6 rings (SSSR count). The van der Waals surface area contributed by atoms with Crippen LogP contribution in [-0.2, 0) is 0 Å². The topological polar surface area (TPSA) is 25.8 Å². The molecule has 0 unspecified atom stereocenters. The van der Waals surface area contributed by atoms with Crippen LogP contribution in [0.1, 0.15) is 0 Å². The van der Waals surface area contributed by atoms with Crippen LogP contribution in [0.25, 0.3) is 55.1 Å². The molecule has 2 nitrogen and oxygen atoms in total. The molecule has 0 fully saturated rings. The van der Waals surface area contributed by atoms with Gasteiger partial charge in [-0.3, -0.25) is 0 Å². The summed E-state index contributed by atoms with van der Waals surface area (Å²) in [5.41, 5.74) is 4.12. The Morgan fingerprint density at radius 3 is 1.93 bits per heavy atom. The van der Waals surface area contributed by atoms with Crippen LogP contribution in [-0.4, -0.2) is 9.97 Å². The highest BCUT2D eigenvalue weighted by Gasteiger charge is 2.15. The molecule has 0 saturated carbocycles. The van der Waals surface area contributed by atoms with E-state index >= 15 is 0 Å². The summed E-state index contributed by atoms with van der Waals surface area (Å²) in [4.78, 5) is 10.1. The molecular formula is C28H18N2. The van der Waals surface area contributed by atoms with Gasteiger partial charge in [-0.1, -0.05) is 103 Å². The number of hydrogen-bond donors (Lipinski definition) is 0. The highest BCUT2D eigenvalue weighted by atomic mass is 14.9. The van der Waals surface area contributed by atoms with E-state index in [-0.39, 0.29) is 0 Å². The van der Waals surface area contributed by atoms with Crippen molar-refractivity contribution in [2.75, 3.05) is 0 Å². The maximum atomic E-state index is 5.09. The van der Waals surface area contributed by atoms with Gasteiger partial charge in [0.2, 0.25) is 0 Å². The number of aromatic nitrogens is 2. The number of rotatable bonds is 2. The zero-order valence-corrected chi connectivity index (χ0v) is 16.3. The Balaban J connectivity index is 1.77. The molecule has 0 bridgehead atoms. The van der Waals surface area contributed by atoms with E-state index in [4.69, 9.17) is 9.97 Å². The molecule has 1 aromatic heterocycles. The molecular weight excluding hydrogens is 364 g/mol. The Morgan fingerprint density at radius 2 is 1.10 bits per heavy atom. The van der Waals surface area contributed by atoms with Crippen molar-refractivity contribution in [3.63, 3.8) is 0 Å². The van der Waals surface area contributed by atoms with E-state index < -0.39 is 0 Å². The third-order valence-electron chi connectivity index (χ3n) is 5.67. The normalized spacial score (nSPS) is 11.3. The fourth-order valence-corrected chi connectivity index (χ4v) is 4.22. The van der Waals surface area contributed by atoms with E-state index in [1.54, 1.807) is 0 Å². The van der Waals surface area contributed by atoms with Gasteiger partial charge in [0.1, 0.15) is 0 Å². The van der Waals surface area contributed by atoms with Crippen molar-refractivity contribution < 1.29 is 0 Å². The van der Waals surface area contributed by atoms with Crippen molar-refractivity contribution in [3.05, 3.63) is 109 Å². The van der Waals surface area contributed by atoms with E-state index in [0.717, 1.165) is 38.9 Å². The summed E-state index contributed by atoms with van der Waals surface area (Å²) in [5, 5.41) is 5.82. The van der Waals surface area contributed by atoms with E-state index in [0.29, 0.717) is 0 Å².